The van der Waals surface area contributed by atoms with Crippen LogP contribution in [0.15, 0.2) is 0 Å². The zero-order chi connectivity index (χ0) is 10.9. The predicted molar refractivity (Wildman–Crippen MR) is 66.5 cm³/mol. The Balaban J connectivity index is 1.90. The average Bonchev–Trinajstić information content (AvgIpc) is 2.93. The Bertz CT molecular complexity index is 226. The summed E-state index contributed by atoms with van der Waals surface area (Å²) in [6.07, 6.45) is 3.98. The number of alkyl halides is 1. The van der Waals surface area contributed by atoms with Crippen LogP contribution in [0, 0.1) is 5.41 Å². The van der Waals surface area contributed by atoms with E-state index in [4.69, 9.17) is 4.74 Å². The highest BCUT2D eigenvalue weighted by molar-refractivity contribution is 9.09. The maximum atomic E-state index is 5.84. The van der Waals surface area contributed by atoms with Gasteiger partial charge in [-0.1, -0.05) is 15.9 Å². The zero-order valence-electron chi connectivity index (χ0n) is 9.89. The summed E-state index contributed by atoms with van der Waals surface area (Å²) in [5, 5.41) is 1.16. The molecule has 2 fully saturated rings. The fourth-order valence-electron chi connectivity index (χ4n) is 2.42. The van der Waals surface area contributed by atoms with Crippen LogP contribution >= 0.6 is 15.9 Å². The summed E-state index contributed by atoms with van der Waals surface area (Å²) in [5.74, 6) is 0. The Morgan fingerprint density at radius 3 is 2.67 bits per heavy atom. The molecule has 0 bridgehead atoms. The SMILES string of the molecule is CC1(C)CN(CC2(CBr)CC2)CCCO1. The lowest BCUT2D eigenvalue weighted by Crippen LogP contribution is -2.41. The van der Waals surface area contributed by atoms with Gasteiger partial charge in [-0.15, -0.1) is 0 Å². The first-order valence-electron chi connectivity index (χ1n) is 5.98. The molecule has 1 heterocycles. The van der Waals surface area contributed by atoms with Crippen LogP contribution in [-0.2, 0) is 4.74 Å². The molecule has 3 heteroatoms. The first kappa shape index (κ1) is 11.9. The molecule has 0 amide bonds. The van der Waals surface area contributed by atoms with Crippen molar-refractivity contribution in [3.63, 3.8) is 0 Å². The van der Waals surface area contributed by atoms with Crippen molar-refractivity contribution in [1.29, 1.82) is 0 Å². The third-order valence-electron chi connectivity index (χ3n) is 3.52. The van der Waals surface area contributed by atoms with Crippen LogP contribution in [0.2, 0.25) is 0 Å². The largest absolute Gasteiger partial charge is 0.374 e. The molecule has 0 radical (unpaired) electrons. The molecule has 0 aromatic heterocycles. The van der Waals surface area contributed by atoms with Gasteiger partial charge in [0.2, 0.25) is 0 Å². The van der Waals surface area contributed by atoms with Gasteiger partial charge in [-0.3, -0.25) is 4.90 Å². The molecule has 0 aromatic rings. The molecule has 2 aliphatic rings. The van der Waals surface area contributed by atoms with Crippen molar-refractivity contribution in [2.75, 3.05) is 31.6 Å². The molecule has 2 nitrogen and oxygen atoms in total. The summed E-state index contributed by atoms with van der Waals surface area (Å²) >= 11 is 3.65. The zero-order valence-corrected chi connectivity index (χ0v) is 11.5. The molecule has 1 aliphatic heterocycles. The minimum atomic E-state index is 0.0406. The van der Waals surface area contributed by atoms with Crippen LogP contribution in [0.1, 0.15) is 33.1 Å². The van der Waals surface area contributed by atoms with Gasteiger partial charge in [0.05, 0.1) is 5.60 Å². The van der Waals surface area contributed by atoms with Crippen molar-refractivity contribution in [2.24, 2.45) is 5.41 Å². The van der Waals surface area contributed by atoms with E-state index in [0.717, 1.165) is 18.5 Å². The number of ether oxygens (including phenoxy) is 1. The van der Waals surface area contributed by atoms with Gasteiger partial charge in [-0.2, -0.15) is 0 Å². The van der Waals surface area contributed by atoms with E-state index in [-0.39, 0.29) is 5.60 Å². The number of halogens is 1. The average molecular weight is 276 g/mol. The molecule has 1 saturated heterocycles. The van der Waals surface area contributed by atoms with Gasteiger partial charge in [-0.25, -0.2) is 0 Å². The second kappa shape index (κ2) is 4.34. The van der Waals surface area contributed by atoms with Crippen LogP contribution in [-0.4, -0.2) is 42.1 Å². The van der Waals surface area contributed by atoms with Gasteiger partial charge in [0, 0.05) is 31.6 Å². The number of hydrogen-bond acceptors (Lipinski definition) is 2. The molecule has 0 unspecified atom stereocenters. The van der Waals surface area contributed by atoms with E-state index in [1.165, 1.54) is 32.4 Å². The van der Waals surface area contributed by atoms with E-state index in [9.17, 15) is 0 Å². The predicted octanol–water partition coefficient (Wildman–Crippen LogP) is 2.66. The highest BCUT2D eigenvalue weighted by Gasteiger charge is 2.43. The molecular weight excluding hydrogens is 254 g/mol. The molecule has 2 rings (SSSR count). The minimum Gasteiger partial charge on any atom is -0.374 e. The van der Waals surface area contributed by atoms with Crippen LogP contribution < -0.4 is 0 Å². The van der Waals surface area contributed by atoms with Crippen LogP contribution in [0.3, 0.4) is 0 Å². The molecule has 1 aliphatic carbocycles. The summed E-state index contributed by atoms with van der Waals surface area (Å²) < 4.78 is 5.84. The van der Waals surface area contributed by atoms with Crippen molar-refractivity contribution < 1.29 is 4.74 Å². The topological polar surface area (TPSA) is 12.5 Å². The molecule has 0 atom stereocenters. The number of nitrogens with zero attached hydrogens (tertiary/aromatic N) is 1. The first-order valence-corrected chi connectivity index (χ1v) is 7.10. The maximum Gasteiger partial charge on any atom is 0.0752 e. The standard InChI is InChI=1S/C12H22BrNO/c1-11(2)9-14(6-3-7-15-11)10-12(8-13)4-5-12/h3-10H2,1-2H3. The Labute approximate surface area is 101 Å². The summed E-state index contributed by atoms with van der Waals surface area (Å²) in [5.41, 5.74) is 0.638. The van der Waals surface area contributed by atoms with E-state index < -0.39 is 0 Å². The van der Waals surface area contributed by atoms with Gasteiger partial charge in [0.1, 0.15) is 0 Å². The van der Waals surface area contributed by atoms with E-state index in [1.54, 1.807) is 0 Å². The van der Waals surface area contributed by atoms with Gasteiger partial charge in [0.25, 0.3) is 0 Å². The molecular formula is C12H22BrNO. The fourth-order valence-corrected chi connectivity index (χ4v) is 3.16. The van der Waals surface area contributed by atoms with Crippen LogP contribution in [0.5, 0.6) is 0 Å². The molecule has 0 spiro atoms. The smallest absolute Gasteiger partial charge is 0.0752 e. The first-order chi connectivity index (χ1) is 7.05. The van der Waals surface area contributed by atoms with Gasteiger partial charge >= 0.3 is 0 Å². The Morgan fingerprint density at radius 1 is 1.33 bits per heavy atom. The molecule has 0 N–H and O–H groups in total. The number of hydrogen-bond donors (Lipinski definition) is 0. The van der Waals surface area contributed by atoms with E-state index >= 15 is 0 Å². The van der Waals surface area contributed by atoms with E-state index in [1.807, 2.05) is 0 Å². The summed E-state index contributed by atoms with van der Waals surface area (Å²) in [6.45, 7) is 8.88. The fraction of sp³-hybridized carbons (Fsp3) is 1.00. The van der Waals surface area contributed by atoms with Gasteiger partial charge in [0.15, 0.2) is 0 Å². The molecule has 1 saturated carbocycles. The Hall–Kier alpha value is 0.400. The van der Waals surface area contributed by atoms with Crippen molar-refractivity contribution in [3.8, 4) is 0 Å². The van der Waals surface area contributed by atoms with Gasteiger partial charge in [-0.05, 0) is 38.5 Å². The molecule has 0 aromatic carbocycles. The van der Waals surface area contributed by atoms with E-state index in [2.05, 4.69) is 34.7 Å². The third-order valence-corrected chi connectivity index (χ3v) is 4.70. The lowest BCUT2D eigenvalue weighted by atomic mass is 10.1. The maximum absolute atomic E-state index is 5.84. The summed E-state index contributed by atoms with van der Waals surface area (Å²) in [7, 11) is 0. The summed E-state index contributed by atoms with van der Waals surface area (Å²) in [6, 6.07) is 0. The van der Waals surface area contributed by atoms with E-state index in [0.29, 0.717) is 5.41 Å². The second-order valence-corrected chi connectivity index (χ2v) is 6.37. The monoisotopic (exact) mass is 275 g/mol. The van der Waals surface area contributed by atoms with Crippen molar-refractivity contribution in [3.05, 3.63) is 0 Å². The van der Waals surface area contributed by atoms with Crippen molar-refractivity contribution in [1.82, 2.24) is 4.90 Å². The minimum absolute atomic E-state index is 0.0406. The van der Waals surface area contributed by atoms with Gasteiger partial charge < -0.3 is 4.74 Å². The lowest BCUT2D eigenvalue weighted by Gasteiger charge is -2.31. The van der Waals surface area contributed by atoms with Crippen LogP contribution in [0.4, 0.5) is 0 Å². The highest BCUT2D eigenvalue weighted by Crippen LogP contribution is 2.47. The molecule has 88 valence electrons. The Morgan fingerprint density at radius 2 is 2.07 bits per heavy atom. The second-order valence-electron chi connectivity index (χ2n) is 5.81. The Kier molecular flexibility index (Phi) is 3.44. The highest BCUT2D eigenvalue weighted by atomic mass is 79.9. The quantitative estimate of drug-likeness (QED) is 0.735. The van der Waals surface area contributed by atoms with Crippen molar-refractivity contribution in [2.45, 2.75) is 38.7 Å². The van der Waals surface area contributed by atoms with Crippen molar-refractivity contribution >= 4 is 15.9 Å². The number of rotatable bonds is 3. The lowest BCUT2D eigenvalue weighted by molar-refractivity contribution is -0.0187. The third kappa shape index (κ3) is 3.18. The van der Waals surface area contributed by atoms with Crippen LogP contribution in [0.25, 0.3) is 0 Å². The molecule has 15 heavy (non-hydrogen) atoms. The summed E-state index contributed by atoms with van der Waals surface area (Å²) in [4.78, 5) is 2.60. The normalized spacial score (nSPS) is 29.8.